The van der Waals surface area contributed by atoms with Crippen LogP contribution in [0.15, 0.2) is 0 Å². The molecule has 0 aromatic carbocycles. The maximum absolute atomic E-state index is 12.0. The monoisotopic (exact) mass is 296 g/mol. The zero-order valence-corrected chi connectivity index (χ0v) is 12.9. The Kier molecular flexibility index (Phi) is 4.72. The van der Waals surface area contributed by atoms with Crippen LogP contribution in [-0.4, -0.2) is 47.7 Å². The van der Waals surface area contributed by atoms with Gasteiger partial charge in [-0.3, -0.25) is 0 Å². The number of hydrogen-bond donors (Lipinski definition) is 2. The molecule has 0 spiro atoms. The van der Waals surface area contributed by atoms with Gasteiger partial charge in [-0.05, 0) is 19.8 Å². The van der Waals surface area contributed by atoms with Crippen molar-refractivity contribution in [1.29, 1.82) is 0 Å². The molecule has 1 aliphatic carbocycles. The highest BCUT2D eigenvalue weighted by Crippen LogP contribution is 2.34. The van der Waals surface area contributed by atoms with E-state index in [1.165, 1.54) is 7.11 Å². The molecule has 0 aliphatic heterocycles. The number of rotatable bonds is 4. The molecule has 0 amide bonds. The minimum Gasteiger partial charge on any atom is -0.465 e. The van der Waals surface area contributed by atoms with E-state index in [0.29, 0.717) is 12.4 Å². The molecule has 7 nitrogen and oxygen atoms in total. The normalized spacial score (nSPS) is 22.1. The molecule has 2 atom stereocenters. The maximum Gasteiger partial charge on any atom is 0.345 e. The van der Waals surface area contributed by atoms with Gasteiger partial charge >= 0.3 is 5.97 Å². The third-order valence-electron chi connectivity index (χ3n) is 4.16. The van der Waals surface area contributed by atoms with Gasteiger partial charge in [-0.1, -0.05) is 12.8 Å². The summed E-state index contributed by atoms with van der Waals surface area (Å²) in [6, 6.07) is -0.179. The molecule has 118 valence electrons. The first-order valence-corrected chi connectivity index (χ1v) is 7.36. The topological polar surface area (TPSA) is 93.6 Å². The molecule has 1 fully saturated rings. The van der Waals surface area contributed by atoms with E-state index >= 15 is 0 Å². The van der Waals surface area contributed by atoms with Gasteiger partial charge in [-0.25, -0.2) is 9.48 Å². The zero-order valence-electron chi connectivity index (χ0n) is 12.9. The van der Waals surface area contributed by atoms with Crippen LogP contribution in [0.1, 0.15) is 49.0 Å². The van der Waals surface area contributed by atoms with Gasteiger partial charge in [-0.2, -0.15) is 5.10 Å². The van der Waals surface area contributed by atoms with Crippen molar-refractivity contribution in [3.63, 3.8) is 0 Å². The summed E-state index contributed by atoms with van der Waals surface area (Å²) in [7, 11) is 3.17. The number of nitrogens with zero attached hydrogens (tertiary/aromatic N) is 3. The summed E-state index contributed by atoms with van der Waals surface area (Å²) in [4.78, 5) is 13.8. The lowest BCUT2D eigenvalue weighted by molar-refractivity contribution is 0.0599. The fraction of sp³-hybridized carbons (Fsp3) is 0.714. The number of nitrogens with two attached hydrogens (primary N) is 1. The number of methoxy groups -OCH3 is 1. The van der Waals surface area contributed by atoms with Gasteiger partial charge in [0.15, 0.2) is 5.82 Å². The number of ether oxygens (including phenoxy) is 1. The van der Waals surface area contributed by atoms with Crippen molar-refractivity contribution in [2.45, 2.75) is 44.8 Å². The number of carbonyl (C=O) groups excluding carboxylic acids is 1. The Morgan fingerprint density at radius 3 is 2.76 bits per heavy atom. The molecule has 1 saturated carbocycles. The Hall–Kier alpha value is -1.76. The van der Waals surface area contributed by atoms with E-state index in [1.807, 2.05) is 18.9 Å². The summed E-state index contributed by atoms with van der Waals surface area (Å²) in [6.07, 6.45) is 3.09. The molecular weight excluding hydrogens is 272 g/mol. The van der Waals surface area contributed by atoms with E-state index in [0.717, 1.165) is 25.7 Å². The van der Waals surface area contributed by atoms with Gasteiger partial charge < -0.3 is 20.5 Å². The van der Waals surface area contributed by atoms with Crippen molar-refractivity contribution in [3.8, 4) is 0 Å². The summed E-state index contributed by atoms with van der Waals surface area (Å²) in [5.74, 6) is 0.266. The fourth-order valence-corrected chi connectivity index (χ4v) is 2.78. The molecule has 3 N–H and O–H groups in total. The predicted octanol–water partition coefficient (Wildman–Crippen LogP) is 1.18. The van der Waals surface area contributed by atoms with Crippen LogP contribution in [0.3, 0.4) is 0 Å². The fourth-order valence-electron chi connectivity index (χ4n) is 2.78. The van der Waals surface area contributed by atoms with E-state index in [1.54, 1.807) is 4.68 Å². The van der Waals surface area contributed by atoms with Crippen LogP contribution >= 0.6 is 0 Å². The van der Waals surface area contributed by atoms with Crippen molar-refractivity contribution < 1.29 is 14.6 Å². The summed E-state index contributed by atoms with van der Waals surface area (Å²) < 4.78 is 6.41. The number of aromatic nitrogens is 2. The maximum atomic E-state index is 12.0. The molecule has 0 radical (unpaired) electrons. The number of carbonyl (C=O) groups is 1. The first-order valence-electron chi connectivity index (χ1n) is 7.36. The van der Waals surface area contributed by atoms with Crippen molar-refractivity contribution >= 4 is 17.6 Å². The summed E-state index contributed by atoms with van der Waals surface area (Å²) in [5, 5.41) is 14.7. The van der Waals surface area contributed by atoms with Gasteiger partial charge in [0.25, 0.3) is 0 Å². The number of nitrogen functional groups attached to an aromatic ring is 1. The molecule has 2 unspecified atom stereocenters. The van der Waals surface area contributed by atoms with Gasteiger partial charge in [0.05, 0.1) is 19.3 Å². The van der Waals surface area contributed by atoms with Crippen LogP contribution in [0.2, 0.25) is 0 Å². The minimum absolute atomic E-state index is 0.179. The smallest absolute Gasteiger partial charge is 0.345 e. The third kappa shape index (κ3) is 2.83. The van der Waals surface area contributed by atoms with Crippen LogP contribution in [0, 0.1) is 0 Å². The average molecular weight is 296 g/mol. The average Bonchev–Trinajstić information content (AvgIpc) is 2.83. The van der Waals surface area contributed by atoms with Crippen LogP contribution in [0.25, 0.3) is 0 Å². The van der Waals surface area contributed by atoms with E-state index in [4.69, 9.17) is 10.5 Å². The molecule has 1 heterocycles. The molecular formula is C14H24N4O3. The lowest BCUT2D eigenvalue weighted by atomic mass is 9.93. The molecule has 1 aromatic rings. The van der Waals surface area contributed by atoms with Crippen molar-refractivity contribution in [1.82, 2.24) is 9.78 Å². The highest BCUT2D eigenvalue weighted by atomic mass is 16.5. The van der Waals surface area contributed by atoms with Gasteiger partial charge in [0.2, 0.25) is 0 Å². The Morgan fingerprint density at radius 1 is 1.52 bits per heavy atom. The van der Waals surface area contributed by atoms with Crippen molar-refractivity contribution in [3.05, 3.63) is 5.56 Å². The first-order chi connectivity index (χ1) is 10.0. The van der Waals surface area contributed by atoms with Crippen molar-refractivity contribution in [2.24, 2.45) is 0 Å². The van der Waals surface area contributed by atoms with E-state index in [9.17, 15) is 9.90 Å². The van der Waals surface area contributed by atoms with Crippen LogP contribution in [-0.2, 0) is 4.74 Å². The van der Waals surface area contributed by atoms with Gasteiger partial charge in [-0.15, -0.1) is 0 Å². The first kappa shape index (κ1) is 15.6. The predicted molar refractivity (Wildman–Crippen MR) is 80.4 cm³/mol. The van der Waals surface area contributed by atoms with Gasteiger partial charge in [0, 0.05) is 13.6 Å². The Bertz CT molecular complexity index is 515. The number of anilines is 2. The quantitative estimate of drug-likeness (QED) is 0.810. The lowest BCUT2D eigenvalue weighted by Crippen LogP contribution is -2.29. The minimum atomic E-state index is -0.501. The highest BCUT2D eigenvalue weighted by molar-refractivity contribution is 5.99. The Labute approximate surface area is 124 Å². The number of aliphatic hydroxyl groups excluding tert-OH is 1. The largest absolute Gasteiger partial charge is 0.465 e. The molecule has 21 heavy (non-hydrogen) atoms. The number of esters is 1. The summed E-state index contributed by atoms with van der Waals surface area (Å²) in [6.45, 7) is 2.65. The van der Waals surface area contributed by atoms with E-state index < -0.39 is 12.1 Å². The third-order valence-corrected chi connectivity index (χ3v) is 4.16. The lowest BCUT2D eigenvalue weighted by Gasteiger charge is -2.28. The van der Waals surface area contributed by atoms with Crippen LogP contribution < -0.4 is 10.6 Å². The summed E-state index contributed by atoms with van der Waals surface area (Å²) >= 11 is 0. The number of aliphatic hydroxyl groups is 1. The standard InChI is InChI=1S/C14H24N4O3/c1-4-17(2)13-11(14(20)21-3)12(15)18(16-13)9-7-5-6-8-10(9)19/h9-10,19H,4-8,15H2,1-3H3. The van der Waals surface area contributed by atoms with E-state index in [2.05, 4.69) is 5.10 Å². The molecule has 2 rings (SSSR count). The SMILES string of the molecule is CCN(C)c1nn(C2CCCCC2O)c(N)c1C(=O)OC. The van der Waals surface area contributed by atoms with Gasteiger partial charge in [0.1, 0.15) is 11.4 Å². The second-order valence-electron chi connectivity index (χ2n) is 5.45. The second-order valence-corrected chi connectivity index (χ2v) is 5.45. The Morgan fingerprint density at radius 2 is 2.19 bits per heavy atom. The molecule has 1 aliphatic rings. The number of hydrogen-bond acceptors (Lipinski definition) is 6. The second kappa shape index (κ2) is 6.34. The molecule has 0 saturated heterocycles. The zero-order chi connectivity index (χ0) is 15.6. The van der Waals surface area contributed by atoms with Crippen LogP contribution in [0.4, 0.5) is 11.6 Å². The van der Waals surface area contributed by atoms with E-state index in [-0.39, 0.29) is 17.4 Å². The molecule has 0 bridgehead atoms. The highest BCUT2D eigenvalue weighted by Gasteiger charge is 2.32. The summed E-state index contributed by atoms with van der Waals surface area (Å²) in [5.41, 5.74) is 6.41. The molecule has 1 aromatic heterocycles. The molecule has 7 heteroatoms. The Balaban J connectivity index is 2.47. The van der Waals surface area contributed by atoms with Crippen LogP contribution in [0.5, 0.6) is 0 Å². The van der Waals surface area contributed by atoms with Crippen molar-refractivity contribution in [2.75, 3.05) is 31.3 Å².